The van der Waals surface area contributed by atoms with Gasteiger partial charge >= 0.3 is 0 Å². The summed E-state index contributed by atoms with van der Waals surface area (Å²) in [6.07, 6.45) is 1.96. The van der Waals surface area contributed by atoms with Crippen molar-refractivity contribution in [3.63, 3.8) is 0 Å². The molecule has 2 aromatic carbocycles. The summed E-state index contributed by atoms with van der Waals surface area (Å²) in [4.78, 5) is 11.9. The third-order valence-corrected chi connectivity index (χ3v) is 3.50. The predicted molar refractivity (Wildman–Crippen MR) is 84.4 cm³/mol. The predicted octanol–water partition coefficient (Wildman–Crippen LogP) is 3.86. The highest BCUT2D eigenvalue weighted by Gasteiger charge is 2.07. The summed E-state index contributed by atoms with van der Waals surface area (Å²) in [5, 5.41) is 8.49. The molecule has 0 saturated carbocycles. The number of hydrogen-bond donors (Lipinski definition) is 1. The van der Waals surface area contributed by atoms with Crippen molar-refractivity contribution < 1.29 is 9.18 Å². The van der Waals surface area contributed by atoms with Gasteiger partial charge in [0.05, 0.1) is 18.3 Å². The summed E-state index contributed by atoms with van der Waals surface area (Å²) in [6, 6.07) is 11.3. The number of halogens is 2. The van der Waals surface area contributed by atoms with Crippen LogP contribution in [0, 0.1) is 5.82 Å². The van der Waals surface area contributed by atoms with Crippen molar-refractivity contribution in [2.75, 3.05) is 5.32 Å². The Labute approximate surface area is 131 Å². The number of hydrogen-bond acceptors (Lipinski definition) is 2. The van der Waals surface area contributed by atoms with Gasteiger partial charge in [0, 0.05) is 22.5 Å². The van der Waals surface area contributed by atoms with Crippen molar-refractivity contribution in [1.29, 1.82) is 0 Å². The highest BCUT2D eigenvalue weighted by molar-refractivity contribution is 6.31. The molecule has 22 heavy (non-hydrogen) atoms. The Morgan fingerprint density at radius 2 is 2.14 bits per heavy atom. The normalized spacial score (nSPS) is 10.8. The number of carbonyl (C=O) groups excluding carboxylic acids is 1. The molecule has 0 aliphatic heterocycles. The summed E-state index contributed by atoms with van der Waals surface area (Å²) >= 11 is 5.93. The van der Waals surface area contributed by atoms with Crippen molar-refractivity contribution in [2.24, 2.45) is 0 Å². The van der Waals surface area contributed by atoms with E-state index in [0.717, 1.165) is 10.9 Å². The smallest absolute Gasteiger partial charge is 0.226 e. The summed E-state index contributed by atoms with van der Waals surface area (Å²) in [7, 11) is 0. The van der Waals surface area contributed by atoms with Gasteiger partial charge in [0.1, 0.15) is 5.82 Å². The molecule has 1 N–H and O–H groups in total. The molecule has 4 nitrogen and oxygen atoms in total. The number of rotatable bonds is 4. The minimum atomic E-state index is -0.382. The number of benzene rings is 2. The van der Waals surface area contributed by atoms with Crippen molar-refractivity contribution in [3.8, 4) is 0 Å². The second-order valence-corrected chi connectivity index (χ2v) is 5.32. The second-order valence-electron chi connectivity index (χ2n) is 4.88. The Bertz CT molecular complexity index is 831. The first-order valence-corrected chi connectivity index (χ1v) is 7.16. The van der Waals surface area contributed by atoms with E-state index < -0.39 is 0 Å². The van der Waals surface area contributed by atoms with Crippen LogP contribution in [0.2, 0.25) is 5.02 Å². The molecule has 1 amide bonds. The maximum Gasteiger partial charge on any atom is 0.226 e. The number of amides is 1. The van der Waals surface area contributed by atoms with Gasteiger partial charge in [0.15, 0.2) is 0 Å². The molecule has 1 heterocycles. The second kappa shape index (κ2) is 6.15. The Morgan fingerprint density at radius 3 is 2.95 bits per heavy atom. The van der Waals surface area contributed by atoms with E-state index in [-0.39, 0.29) is 18.1 Å². The largest absolute Gasteiger partial charge is 0.326 e. The van der Waals surface area contributed by atoms with Crippen LogP contribution < -0.4 is 5.32 Å². The van der Waals surface area contributed by atoms with Crippen molar-refractivity contribution >= 4 is 34.1 Å². The van der Waals surface area contributed by atoms with Gasteiger partial charge in [-0.1, -0.05) is 17.7 Å². The van der Waals surface area contributed by atoms with Crippen LogP contribution in [0.4, 0.5) is 10.1 Å². The molecule has 0 aliphatic carbocycles. The van der Waals surface area contributed by atoms with E-state index in [1.54, 1.807) is 29.1 Å². The molecule has 0 bridgehead atoms. The Morgan fingerprint density at radius 1 is 1.27 bits per heavy atom. The Hall–Kier alpha value is -2.40. The van der Waals surface area contributed by atoms with Crippen LogP contribution >= 0.6 is 11.6 Å². The van der Waals surface area contributed by atoms with Gasteiger partial charge in [-0.05, 0) is 36.4 Å². The molecule has 0 radical (unpaired) electrons. The van der Waals surface area contributed by atoms with E-state index in [1.165, 1.54) is 12.1 Å². The van der Waals surface area contributed by atoms with Gasteiger partial charge in [-0.15, -0.1) is 0 Å². The van der Waals surface area contributed by atoms with Crippen LogP contribution in [0.5, 0.6) is 0 Å². The summed E-state index contributed by atoms with van der Waals surface area (Å²) in [5.41, 5.74) is 1.37. The van der Waals surface area contributed by atoms with Crippen LogP contribution in [0.25, 0.3) is 10.9 Å². The summed E-state index contributed by atoms with van der Waals surface area (Å²) < 4.78 is 14.8. The minimum Gasteiger partial charge on any atom is -0.326 e. The lowest BCUT2D eigenvalue weighted by Crippen LogP contribution is -2.15. The number of carbonyl (C=O) groups is 1. The molecule has 0 unspecified atom stereocenters. The van der Waals surface area contributed by atoms with Gasteiger partial charge < -0.3 is 5.32 Å². The molecular weight excluding hydrogens is 305 g/mol. The van der Waals surface area contributed by atoms with E-state index in [4.69, 9.17) is 11.6 Å². The van der Waals surface area contributed by atoms with E-state index >= 15 is 0 Å². The number of nitrogens with one attached hydrogen (secondary N) is 1. The summed E-state index contributed by atoms with van der Waals surface area (Å²) in [5.74, 6) is -0.573. The monoisotopic (exact) mass is 317 g/mol. The van der Waals surface area contributed by atoms with Crippen LogP contribution in [0.3, 0.4) is 0 Å². The fourth-order valence-electron chi connectivity index (χ4n) is 2.23. The van der Waals surface area contributed by atoms with E-state index in [9.17, 15) is 9.18 Å². The van der Waals surface area contributed by atoms with Crippen molar-refractivity contribution in [1.82, 2.24) is 9.78 Å². The van der Waals surface area contributed by atoms with Gasteiger partial charge in [0.25, 0.3) is 0 Å². The lowest BCUT2D eigenvalue weighted by atomic mass is 10.2. The van der Waals surface area contributed by atoms with Gasteiger partial charge in [-0.3, -0.25) is 9.48 Å². The third-order valence-electron chi connectivity index (χ3n) is 3.26. The van der Waals surface area contributed by atoms with Gasteiger partial charge in [-0.2, -0.15) is 5.10 Å². The maximum atomic E-state index is 13.1. The highest BCUT2D eigenvalue weighted by atomic mass is 35.5. The molecule has 3 rings (SSSR count). The van der Waals surface area contributed by atoms with E-state index in [2.05, 4.69) is 10.4 Å². The molecule has 6 heteroatoms. The van der Waals surface area contributed by atoms with E-state index in [1.807, 2.05) is 12.1 Å². The zero-order valence-electron chi connectivity index (χ0n) is 11.6. The Kier molecular flexibility index (Phi) is 4.06. The molecule has 112 valence electrons. The lowest BCUT2D eigenvalue weighted by Gasteiger charge is -2.06. The van der Waals surface area contributed by atoms with Gasteiger partial charge in [-0.25, -0.2) is 4.39 Å². The average Bonchev–Trinajstić information content (AvgIpc) is 2.87. The molecule has 0 aliphatic rings. The number of nitrogens with zero attached hydrogens (tertiary/aromatic N) is 2. The topological polar surface area (TPSA) is 46.9 Å². The summed E-state index contributed by atoms with van der Waals surface area (Å²) in [6.45, 7) is 0.437. The third kappa shape index (κ3) is 3.26. The van der Waals surface area contributed by atoms with Crippen molar-refractivity contribution in [3.05, 3.63) is 59.5 Å². The first kappa shape index (κ1) is 14.5. The van der Waals surface area contributed by atoms with Crippen LogP contribution in [0.1, 0.15) is 6.42 Å². The number of aryl methyl sites for hydroxylation is 1. The quantitative estimate of drug-likeness (QED) is 0.794. The van der Waals surface area contributed by atoms with Crippen molar-refractivity contribution in [2.45, 2.75) is 13.0 Å². The molecule has 1 aromatic heterocycles. The average molecular weight is 318 g/mol. The SMILES string of the molecule is O=C(CCn1ncc2cc(Cl)ccc21)Nc1cccc(F)c1. The highest BCUT2D eigenvalue weighted by Crippen LogP contribution is 2.19. The Balaban J connectivity index is 1.65. The maximum absolute atomic E-state index is 13.1. The minimum absolute atomic E-state index is 0.191. The first-order valence-electron chi connectivity index (χ1n) is 6.78. The first-order chi connectivity index (χ1) is 10.6. The molecule has 0 saturated heterocycles. The van der Waals surface area contributed by atoms with Crippen LogP contribution in [-0.2, 0) is 11.3 Å². The molecule has 3 aromatic rings. The van der Waals surface area contributed by atoms with Crippen LogP contribution in [0.15, 0.2) is 48.7 Å². The molecule has 0 fully saturated rings. The fraction of sp³-hybridized carbons (Fsp3) is 0.125. The fourth-order valence-corrected chi connectivity index (χ4v) is 2.41. The zero-order valence-corrected chi connectivity index (χ0v) is 12.3. The number of fused-ring (bicyclic) bond motifs is 1. The molecule has 0 atom stereocenters. The molecule has 0 spiro atoms. The lowest BCUT2D eigenvalue weighted by molar-refractivity contribution is -0.116. The standard InChI is InChI=1S/C16H13ClFN3O/c17-12-4-5-15-11(8-12)10-19-21(15)7-6-16(22)20-14-3-1-2-13(18)9-14/h1-5,8-10H,6-7H2,(H,20,22). The van der Waals surface area contributed by atoms with Crippen LogP contribution in [-0.4, -0.2) is 15.7 Å². The number of aromatic nitrogens is 2. The molecular formula is C16H13ClFN3O. The zero-order chi connectivity index (χ0) is 15.5. The number of anilines is 1. The van der Waals surface area contributed by atoms with Gasteiger partial charge in [0.2, 0.25) is 5.91 Å². The van der Waals surface area contributed by atoms with E-state index in [0.29, 0.717) is 17.3 Å².